The molecule has 2 N–H and O–H groups in total. The van der Waals surface area contributed by atoms with E-state index < -0.39 is 0 Å². The van der Waals surface area contributed by atoms with E-state index in [1.807, 2.05) is 18.2 Å². The van der Waals surface area contributed by atoms with E-state index in [4.69, 9.17) is 22.1 Å². The van der Waals surface area contributed by atoms with Crippen molar-refractivity contribution in [1.82, 2.24) is 0 Å². The van der Waals surface area contributed by atoms with Gasteiger partial charge in [-0.25, -0.2) is 0 Å². The molecule has 96 valence electrons. The summed E-state index contributed by atoms with van der Waals surface area (Å²) in [6.45, 7) is 5.19. The summed E-state index contributed by atoms with van der Waals surface area (Å²) >= 11 is 6.03. The van der Waals surface area contributed by atoms with Crippen LogP contribution in [0.3, 0.4) is 0 Å². The molecule has 0 saturated heterocycles. The summed E-state index contributed by atoms with van der Waals surface area (Å²) in [7, 11) is 1.69. The first-order valence-electron chi connectivity index (χ1n) is 6.11. The fourth-order valence-electron chi connectivity index (χ4n) is 2.07. The zero-order chi connectivity index (χ0) is 12.8. The van der Waals surface area contributed by atoms with E-state index in [0.717, 1.165) is 30.2 Å². The Balaban J connectivity index is 2.87. The van der Waals surface area contributed by atoms with Gasteiger partial charge in [0.15, 0.2) is 0 Å². The number of benzene rings is 1. The van der Waals surface area contributed by atoms with Crippen LogP contribution >= 0.6 is 11.6 Å². The van der Waals surface area contributed by atoms with Gasteiger partial charge in [-0.2, -0.15) is 0 Å². The van der Waals surface area contributed by atoms with Crippen molar-refractivity contribution in [2.75, 3.05) is 13.7 Å². The quantitative estimate of drug-likeness (QED) is 0.844. The molecule has 2 nitrogen and oxygen atoms in total. The number of rotatable bonds is 6. The number of ether oxygens (including phenoxy) is 1. The first-order valence-corrected chi connectivity index (χ1v) is 6.48. The van der Waals surface area contributed by atoms with Crippen LogP contribution in [-0.2, 0) is 6.42 Å². The topological polar surface area (TPSA) is 35.2 Å². The lowest BCUT2D eigenvalue weighted by Gasteiger charge is -2.21. The van der Waals surface area contributed by atoms with Gasteiger partial charge in [0.25, 0.3) is 0 Å². The number of nitrogens with two attached hydrogens (primary N) is 1. The molecule has 0 bridgehead atoms. The van der Waals surface area contributed by atoms with Crippen molar-refractivity contribution in [3.05, 3.63) is 28.8 Å². The maximum absolute atomic E-state index is 6.03. The van der Waals surface area contributed by atoms with Crippen LogP contribution in [0.25, 0.3) is 0 Å². The van der Waals surface area contributed by atoms with E-state index in [1.165, 1.54) is 5.56 Å². The molecule has 0 amide bonds. The first-order chi connectivity index (χ1) is 8.08. The van der Waals surface area contributed by atoms with E-state index in [0.29, 0.717) is 11.8 Å². The largest absolute Gasteiger partial charge is 0.496 e. The fraction of sp³-hybridized carbons (Fsp3) is 0.571. The minimum atomic E-state index is 0.576. The second kappa shape index (κ2) is 6.87. The lowest BCUT2D eigenvalue weighted by atomic mass is 9.86. The van der Waals surface area contributed by atoms with Crippen molar-refractivity contribution < 1.29 is 4.74 Å². The molecule has 1 aromatic rings. The smallest absolute Gasteiger partial charge is 0.122 e. The molecule has 0 aliphatic heterocycles. The molecule has 0 saturated carbocycles. The van der Waals surface area contributed by atoms with Crippen molar-refractivity contribution in [3.8, 4) is 5.75 Å². The molecule has 0 aromatic heterocycles. The average Bonchev–Trinajstić information content (AvgIpc) is 2.28. The number of hydrogen-bond acceptors (Lipinski definition) is 2. The van der Waals surface area contributed by atoms with Crippen molar-refractivity contribution in [2.45, 2.75) is 26.7 Å². The monoisotopic (exact) mass is 255 g/mol. The van der Waals surface area contributed by atoms with Crippen LogP contribution in [0.4, 0.5) is 0 Å². The van der Waals surface area contributed by atoms with Gasteiger partial charge in [-0.3, -0.25) is 0 Å². The van der Waals surface area contributed by atoms with Crippen LogP contribution in [0.5, 0.6) is 5.75 Å². The lowest BCUT2D eigenvalue weighted by Crippen LogP contribution is -2.17. The van der Waals surface area contributed by atoms with Crippen LogP contribution in [0.2, 0.25) is 5.02 Å². The standard InChI is InChI=1S/C14H22ClNO/c1-10(2)11(6-7-16)8-12-9-13(15)4-5-14(12)17-3/h4-5,9-11H,6-8,16H2,1-3H3. The Labute approximate surface area is 109 Å². The van der Waals surface area contributed by atoms with Crippen molar-refractivity contribution in [3.63, 3.8) is 0 Å². The summed E-state index contributed by atoms with van der Waals surface area (Å²) in [6, 6.07) is 5.78. The molecular weight excluding hydrogens is 234 g/mol. The van der Waals surface area contributed by atoms with E-state index in [9.17, 15) is 0 Å². The normalized spacial score (nSPS) is 12.8. The molecule has 17 heavy (non-hydrogen) atoms. The highest BCUT2D eigenvalue weighted by Crippen LogP contribution is 2.28. The molecule has 0 heterocycles. The SMILES string of the molecule is COc1ccc(Cl)cc1CC(CCN)C(C)C. The van der Waals surface area contributed by atoms with Gasteiger partial charge in [-0.1, -0.05) is 25.4 Å². The molecule has 1 rings (SSSR count). The van der Waals surface area contributed by atoms with Gasteiger partial charge in [0.1, 0.15) is 5.75 Å². The number of methoxy groups -OCH3 is 1. The molecule has 1 unspecified atom stereocenters. The number of halogens is 1. The second-order valence-corrected chi connectivity index (χ2v) is 5.18. The zero-order valence-electron chi connectivity index (χ0n) is 10.9. The molecule has 1 atom stereocenters. The minimum Gasteiger partial charge on any atom is -0.496 e. The van der Waals surface area contributed by atoms with E-state index in [1.54, 1.807) is 7.11 Å². The van der Waals surface area contributed by atoms with E-state index in [-0.39, 0.29) is 0 Å². The second-order valence-electron chi connectivity index (χ2n) is 4.74. The van der Waals surface area contributed by atoms with Gasteiger partial charge >= 0.3 is 0 Å². The molecule has 3 heteroatoms. The summed E-state index contributed by atoms with van der Waals surface area (Å²) in [4.78, 5) is 0. The van der Waals surface area contributed by atoms with Crippen LogP contribution in [0.1, 0.15) is 25.8 Å². The van der Waals surface area contributed by atoms with Gasteiger partial charge in [-0.05, 0) is 55.0 Å². The molecule has 0 aliphatic carbocycles. The summed E-state index contributed by atoms with van der Waals surface area (Å²) in [5, 5.41) is 0.760. The predicted octanol–water partition coefficient (Wildman–Crippen LogP) is 3.51. The van der Waals surface area contributed by atoms with Crippen LogP contribution in [0, 0.1) is 11.8 Å². The Hall–Kier alpha value is -0.730. The summed E-state index contributed by atoms with van der Waals surface area (Å²) in [5.74, 6) is 2.10. The molecule has 0 spiro atoms. The summed E-state index contributed by atoms with van der Waals surface area (Å²) in [6.07, 6.45) is 2.01. The van der Waals surface area contributed by atoms with Crippen molar-refractivity contribution >= 4 is 11.6 Å². The summed E-state index contributed by atoms with van der Waals surface area (Å²) in [5.41, 5.74) is 6.84. The highest BCUT2D eigenvalue weighted by molar-refractivity contribution is 6.30. The van der Waals surface area contributed by atoms with Crippen molar-refractivity contribution in [1.29, 1.82) is 0 Å². The van der Waals surface area contributed by atoms with Gasteiger partial charge in [-0.15, -0.1) is 0 Å². The highest BCUT2D eigenvalue weighted by atomic mass is 35.5. The fourth-order valence-corrected chi connectivity index (χ4v) is 2.27. The average molecular weight is 256 g/mol. The third-order valence-electron chi connectivity index (χ3n) is 3.20. The predicted molar refractivity (Wildman–Crippen MR) is 73.7 cm³/mol. The third-order valence-corrected chi connectivity index (χ3v) is 3.44. The van der Waals surface area contributed by atoms with Gasteiger partial charge < -0.3 is 10.5 Å². The third kappa shape index (κ3) is 4.21. The van der Waals surface area contributed by atoms with Gasteiger partial charge in [0.2, 0.25) is 0 Å². The maximum atomic E-state index is 6.03. The highest BCUT2D eigenvalue weighted by Gasteiger charge is 2.16. The minimum absolute atomic E-state index is 0.576. The Morgan fingerprint density at radius 1 is 1.35 bits per heavy atom. The van der Waals surface area contributed by atoms with Gasteiger partial charge in [0, 0.05) is 5.02 Å². The van der Waals surface area contributed by atoms with Gasteiger partial charge in [0.05, 0.1) is 7.11 Å². The summed E-state index contributed by atoms with van der Waals surface area (Å²) < 4.78 is 5.37. The molecule has 0 fully saturated rings. The Bertz CT molecular complexity index is 352. The lowest BCUT2D eigenvalue weighted by molar-refractivity contribution is 0.351. The van der Waals surface area contributed by atoms with E-state index in [2.05, 4.69) is 13.8 Å². The number of hydrogen-bond donors (Lipinski definition) is 1. The molecule has 0 radical (unpaired) electrons. The first kappa shape index (κ1) is 14.3. The zero-order valence-corrected chi connectivity index (χ0v) is 11.6. The molecule has 1 aromatic carbocycles. The Morgan fingerprint density at radius 3 is 2.59 bits per heavy atom. The van der Waals surface area contributed by atoms with Crippen molar-refractivity contribution in [2.24, 2.45) is 17.6 Å². The molecular formula is C14H22ClNO. The van der Waals surface area contributed by atoms with Crippen LogP contribution < -0.4 is 10.5 Å². The molecule has 0 aliphatic rings. The maximum Gasteiger partial charge on any atom is 0.122 e. The Kier molecular flexibility index (Phi) is 5.79. The Morgan fingerprint density at radius 2 is 2.06 bits per heavy atom. The van der Waals surface area contributed by atoms with E-state index >= 15 is 0 Å². The van der Waals surface area contributed by atoms with Crippen LogP contribution in [-0.4, -0.2) is 13.7 Å². The van der Waals surface area contributed by atoms with Crippen LogP contribution in [0.15, 0.2) is 18.2 Å².